The number of carbonyl (C=O) groups is 2. The first-order valence-corrected chi connectivity index (χ1v) is 4.67. The van der Waals surface area contributed by atoms with Gasteiger partial charge in [-0.3, -0.25) is 10.1 Å². The lowest BCUT2D eigenvalue weighted by molar-refractivity contribution is 0.112. The van der Waals surface area contributed by atoms with Gasteiger partial charge in [-0.2, -0.15) is 0 Å². The molecule has 4 nitrogen and oxygen atoms in total. The number of carbonyl (C=O) groups excluding carboxylic acids is 2. The van der Waals surface area contributed by atoms with E-state index in [-0.39, 0.29) is 0 Å². The number of benzene rings is 1. The van der Waals surface area contributed by atoms with Gasteiger partial charge in [-0.15, -0.1) is 0 Å². The molecule has 0 aromatic heterocycles. The van der Waals surface area contributed by atoms with E-state index in [9.17, 15) is 9.59 Å². The van der Waals surface area contributed by atoms with E-state index in [4.69, 9.17) is 4.74 Å². The maximum absolute atomic E-state index is 11.1. The maximum atomic E-state index is 11.1. The molecule has 0 saturated heterocycles. The number of nitrogens with one attached hydrogen (secondary N) is 1. The van der Waals surface area contributed by atoms with Crippen molar-refractivity contribution in [2.24, 2.45) is 0 Å². The van der Waals surface area contributed by atoms with E-state index in [0.29, 0.717) is 17.9 Å². The highest BCUT2D eigenvalue weighted by atomic mass is 16.5. The van der Waals surface area contributed by atoms with Crippen molar-refractivity contribution in [3.05, 3.63) is 29.3 Å². The van der Waals surface area contributed by atoms with Crippen LogP contribution in [0.2, 0.25) is 0 Å². The highest BCUT2D eigenvalue weighted by Crippen LogP contribution is 2.13. The van der Waals surface area contributed by atoms with Crippen molar-refractivity contribution in [1.82, 2.24) is 0 Å². The number of ether oxygens (including phenoxy) is 1. The first-order valence-electron chi connectivity index (χ1n) is 4.67. The van der Waals surface area contributed by atoms with Crippen LogP contribution in [0.3, 0.4) is 0 Å². The molecule has 0 saturated carbocycles. The van der Waals surface area contributed by atoms with Crippen molar-refractivity contribution in [1.29, 1.82) is 0 Å². The average molecular weight is 207 g/mol. The van der Waals surface area contributed by atoms with E-state index in [2.05, 4.69) is 5.32 Å². The number of anilines is 1. The standard InChI is InChI=1S/C11H13NO3/c1-3-15-11(14)12-10-5-4-9(7-13)8(2)6-10/h4-7H,3H2,1-2H3,(H,12,14). The fraction of sp³-hybridized carbons (Fsp3) is 0.273. The van der Waals surface area contributed by atoms with Gasteiger partial charge in [-0.1, -0.05) is 0 Å². The predicted octanol–water partition coefficient (Wildman–Crippen LogP) is 2.38. The summed E-state index contributed by atoms with van der Waals surface area (Å²) < 4.78 is 4.72. The highest BCUT2D eigenvalue weighted by Gasteiger charge is 2.03. The van der Waals surface area contributed by atoms with Gasteiger partial charge < -0.3 is 4.74 Å². The van der Waals surface area contributed by atoms with Crippen molar-refractivity contribution in [2.75, 3.05) is 11.9 Å². The zero-order valence-electron chi connectivity index (χ0n) is 8.74. The summed E-state index contributed by atoms with van der Waals surface area (Å²) in [5.41, 5.74) is 2.06. The summed E-state index contributed by atoms with van der Waals surface area (Å²) in [6.07, 6.45) is 0.291. The largest absolute Gasteiger partial charge is 0.450 e. The second kappa shape index (κ2) is 5.14. The van der Waals surface area contributed by atoms with Crippen LogP contribution in [0.4, 0.5) is 10.5 Å². The molecule has 1 rings (SSSR count). The molecule has 0 aliphatic rings. The summed E-state index contributed by atoms with van der Waals surface area (Å²) >= 11 is 0. The zero-order chi connectivity index (χ0) is 11.3. The summed E-state index contributed by atoms with van der Waals surface area (Å²) in [7, 11) is 0. The molecule has 15 heavy (non-hydrogen) atoms. The molecule has 0 bridgehead atoms. The summed E-state index contributed by atoms with van der Waals surface area (Å²) in [5, 5.41) is 2.56. The van der Waals surface area contributed by atoms with Crippen LogP contribution in [0.5, 0.6) is 0 Å². The van der Waals surface area contributed by atoms with Crippen LogP contribution >= 0.6 is 0 Å². The van der Waals surface area contributed by atoms with Crippen LogP contribution in [0.25, 0.3) is 0 Å². The summed E-state index contributed by atoms with van der Waals surface area (Å²) in [6, 6.07) is 5.04. The van der Waals surface area contributed by atoms with E-state index in [1.54, 1.807) is 32.0 Å². The number of aldehydes is 1. The average Bonchev–Trinajstić information content (AvgIpc) is 2.18. The molecule has 0 spiro atoms. The normalized spacial score (nSPS) is 9.47. The van der Waals surface area contributed by atoms with Gasteiger partial charge in [0, 0.05) is 11.3 Å². The van der Waals surface area contributed by atoms with Crippen LogP contribution in [0, 0.1) is 6.92 Å². The monoisotopic (exact) mass is 207 g/mol. The molecule has 1 aromatic carbocycles. The minimum atomic E-state index is -0.490. The Balaban J connectivity index is 2.75. The van der Waals surface area contributed by atoms with Gasteiger partial charge >= 0.3 is 6.09 Å². The van der Waals surface area contributed by atoms with E-state index < -0.39 is 6.09 Å². The van der Waals surface area contributed by atoms with Crippen LogP contribution in [-0.2, 0) is 4.74 Å². The Hall–Kier alpha value is -1.84. The minimum absolute atomic E-state index is 0.331. The molecule has 1 N–H and O–H groups in total. The molecule has 0 unspecified atom stereocenters. The molecule has 0 radical (unpaired) electrons. The number of rotatable bonds is 3. The third-order valence-corrected chi connectivity index (χ3v) is 1.92. The van der Waals surface area contributed by atoms with Gasteiger partial charge in [0.1, 0.15) is 6.29 Å². The SMILES string of the molecule is CCOC(=O)Nc1ccc(C=O)c(C)c1. The molecular formula is C11H13NO3. The highest BCUT2D eigenvalue weighted by molar-refractivity contribution is 5.86. The zero-order valence-corrected chi connectivity index (χ0v) is 8.74. The fourth-order valence-corrected chi connectivity index (χ4v) is 1.17. The minimum Gasteiger partial charge on any atom is -0.450 e. The van der Waals surface area contributed by atoms with Gasteiger partial charge in [0.2, 0.25) is 0 Å². The van der Waals surface area contributed by atoms with Gasteiger partial charge in [-0.05, 0) is 37.6 Å². The summed E-state index contributed by atoms with van der Waals surface area (Å²) in [5.74, 6) is 0. The van der Waals surface area contributed by atoms with Crippen molar-refractivity contribution in [3.8, 4) is 0 Å². The Kier molecular flexibility index (Phi) is 3.85. The Labute approximate surface area is 88.2 Å². The first-order chi connectivity index (χ1) is 7.17. The molecule has 1 aromatic rings. The Morgan fingerprint density at radius 2 is 2.27 bits per heavy atom. The van der Waals surface area contributed by atoms with E-state index in [1.807, 2.05) is 0 Å². The number of aryl methyl sites for hydroxylation is 1. The van der Waals surface area contributed by atoms with Crippen LogP contribution in [0.15, 0.2) is 18.2 Å². The van der Waals surface area contributed by atoms with Crippen molar-refractivity contribution < 1.29 is 14.3 Å². The molecule has 0 fully saturated rings. The lowest BCUT2D eigenvalue weighted by Gasteiger charge is -2.06. The van der Waals surface area contributed by atoms with E-state index in [0.717, 1.165) is 11.8 Å². The van der Waals surface area contributed by atoms with Gasteiger partial charge in [0.25, 0.3) is 0 Å². The summed E-state index contributed by atoms with van der Waals surface area (Å²) in [6.45, 7) is 3.87. The third-order valence-electron chi connectivity index (χ3n) is 1.92. The van der Waals surface area contributed by atoms with Crippen molar-refractivity contribution in [3.63, 3.8) is 0 Å². The quantitative estimate of drug-likeness (QED) is 0.774. The molecule has 0 heterocycles. The van der Waals surface area contributed by atoms with Crippen LogP contribution < -0.4 is 5.32 Å². The summed E-state index contributed by atoms with van der Waals surface area (Å²) in [4.78, 5) is 21.6. The van der Waals surface area contributed by atoms with Crippen molar-refractivity contribution >= 4 is 18.1 Å². The van der Waals surface area contributed by atoms with Crippen molar-refractivity contribution in [2.45, 2.75) is 13.8 Å². The molecule has 0 aliphatic heterocycles. The number of amides is 1. The van der Waals surface area contributed by atoms with Crippen LogP contribution in [0.1, 0.15) is 22.8 Å². The van der Waals surface area contributed by atoms with Gasteiger partial charge in [0.05, 0.1) is 6.61 Å². The molecule has 0 atom stereocenters. The predicted molar refractivity (Wildman–Crippen MR) is 57.2 cm³/mol. The second-order valence-corrected chi connectivity index (χ2v) is 3.03. The first kappa shape index (κ1) is 11.2. The third kappa shape index (κ3) is 3.09. The lowest BCUT2D eigenvalue weighted by atomic mass is 10.1. The smallest absolute Gasteiger partial charge is 0.411 e. The second-order valence-electron chi connectivity index (χ2n) is 3.03. The Bertz CT molecular complexity index is 374. The Morgan fingerprint density at radius 1 is 1.53 bits per heavy atom. The van der Waals surface area contributed by atoms with Gasteiger partial charge in [-0.25, -0.2) is 4.79 Å². The van der Waals surface area contributed by atoms with E-state index >= 15 is 0 Å². The molecule has 0 aliphatic carbocycles. The molecule has 1 amide bonds. The maximum Gasteiger partial charge on any atom is 0.411 e. The topological polar surface area (TPSA) is 55.4 Å². The molecule has 80 valence electrons. The number of hydrogen-bond donors (Lipinski definition) is 1. The fourth-order valence-electron chi connectivity index (χ4n) is 1.17. The van der Waals surface area contributed by atoms with E-state index in [1.165, 1.54) is 0 Å². The van der Waals surface area contributed by atoms with Gasteiger partial charge in [0.15, 0.2) is 0 Å². The van der Waals surface area contributed by atoms with Crippen LogP contribution in [-0.4, -0.2) is 19.0 Å². The Morgan fingerprint density at radius 3 is 2.80 bits per heavy atom. The lowest BCUT2D eigenvalue weighted by Crippen LogP contribution is -2.13. The molecular weight excluding hydrogens is 194 g/mol. The molecule has 4 heteroatoms. The number of hydrogen-bond acceptors (Lipinski definition) is 3.